The van der Waals surface area contributed by atoms with E-state index in [1.807, 2.05) is 11.1 Å². The Kier molecular flexibility index (Phi) is 9.45. The second-order valence-corrected chi connectivity index (χ2v) is 10.4. The van der Waals surface area contributed by atoms with Gasteiger partial charge in [0.15, 0.2) is 23.0 Å². The third kappa shape index (κ3) is 6.52. The molecule has 0 spiro atoms. The first-order valence-corrected chi connectivity index (χ1v) is 14.4. The van der Waals surface area contributed by atoms with Crippen molar-refractivity contribution in [2.75, 3.05) is 41.6 Å². The van der Waals surface area contributed by atoms with Crippen molar-refractivity contribution in [1.82, 2.24) is 4.90 Å². The van der Waals surface area contributed by atoms with E-state index in [4.69, 9.17) is 33.2 Å². The van der Waals surface area contributed by atoms with Gasteiger partial charge in [-0.05, 0) is 38.0 Å². The van der Waals surface area contributed by atoms with Crippen LogP contribution in [0.15, 0.2) is 47.5 Å². The van der Waals surface area contributed by atoms with E-state index in [1.54, 1.807) is 37.3 Å². The molecule has 3 aromatic rings. The van der Waals surface area contributed by atoms with Crippen LogP contribution in [-0.4, -0.2) is 75.7 Å². The quantitative estimate of drug-likeness (QED) is 0.165. The summed E-state index contributed by atoms with van der Waals surface area (Å²) >= 11 is 0. The molecular formula is C32H35N3O10. The van der Waals surface area contributed by atoms with Gasteiger partial charge in [0.25, 0.3) is 5.91 Å². The fourth-order valence-electron chi connectivity index (χ4n) is 5.33. The molecule has 0 aromatic heterocycles. The van der Waals surface area contributed by atoms with Crippen LogP contribution in [-0.2, 0) is 0 Å². The van der Waals surface area contributed by atoms with Crippen molar-refractivity contribution in [3.05, 3.63) is 58.1 Å². The minimum absolute atomic E-state index is 0.00640. The summed E-state index contributed by atoms with van der Waals surface area (Å²) in [7, 11) is 5.91. The summed E-state index contributed by atoms with van der Waals surface area (Å²) in [5.74, 6) is 2.05. The van der Waals surface area contributed by atoms with Gasteiger partial charge >= 0.3 is 5.69 Å². The van der Waals surface area contributed by atoms with E-state index in [2.05, 4.69) is 4.99 Å². The normalized spacial score (nSPS) is 15.8. The van der Waals surface area contributed by atoms with Crippen LogP contribution in [0.1, 0.15) is 36.5 Å². The summed E-state index contributed by atoms with van der Waals surface area (Å²) in [6.07, 6.45) is 3.56. The van der Waals surface area contributed by atoms with Crippen molar-refractivity contribution in [2.45, 2.75) is 38.3 Å². The molecule has 1 fully saturated rings. The van der Waals surface area contributed by atoms with Crippen LogP contribution in [0.5, 0.6) is 46.0 Å². The second-order valence-electron chi connectivity index (χ2n) is 10.4. The minimum atomic E-state index is -0.557. The summed E-state index contributed by atoms with van der Waals surface area (Å²) < 4.78 is 39.5. The maximum atomic E-state index is 13.1. The van der Waals surface area contributed by atoms with E-state index in [1.165, 1.54) is 40.6 Å². The van der Waals surface area contributed by atoms with Crippen molar-refractivity contribution in [2.24, 2.45) is 4.99 Å². The van der Waals surface area contributed by atoms with E-state index in [-0.39, 0.29) is 41.5 Å². The molecule has 2 atom stereocenters. The molecule has 0 radical (unpaired) electrons. The number of hydrogen-bond acceptors (Lipinski definition) is 11. The van der Waals surface area contributed by atoms with Gasteiger partial charge in [-0.1, -0.05) is 6.07 Å². The first-order valence-electron chi connectivity index (χ1n) is 14.4. The number of hydrogen-bond donors (Lipinski definition) is 0. The lowest BCUT2D eigenvalue weighted by atomic mass is 10.1. The predicted octanol–water partition coefficient (Wildman–Crippen LogP) is 5.98. The van der Waals surface area contributed by atoms with E-state index >= 15 is 0 Å². The maximum absolute atomic E-state index is 13.1. The maximum Gasteiger partial charge on any atom is 0.352 e. The van der Waals surface area contributed by atoms with Gasteiger partial charge in [0.05, 0.1) is 63.4 Å². The Morgan fingerprint density at radius 1 is 0.956 bits per heavy atom. The Morgan fingerprint density at radius 3 is 2.33 bits per heavy atom. The lowest BCUT2D eigenvalue weighted by molar-refractivity contribution is -0.386. The predicted molar refractivity (Wildman–Crippen MR) is 165 cm³/mol. The first kappa shape index (κ1) is 31.2. The molecule has 238 valence electrons. The average molecular weight is 622 g/mol. The van der Waals surface area contributed by atoms with Gasteiger partial charge in [0, 0.05) is 37.4 Å². The third-order valence-corrected chi connectivity index (χ3v) is 7.58. The summed E-state index contributed by atoms with van der Waals surface area (Å²) in [5.41, 5.74) is 0.654. The highest BCUT2D eigenvalue weighted by Crippen LogP contribution is 2.45. The molecule has 5 rings (SSSR count). The van der Waals surface area contributed by atoms with Crippen molar-refractivity contribution in [3.63, 3.8) is 0 Å². The zero-order valence-corrected chi connectivity index (χ0v) is 25.7. The Labute approximate surface area is 260 Å². The van der Waals surface area contributed by atoms with E-state index in [0.717, 1.165) is 12.8 Å². The number of nitrogens with zero attached hydrogens (tertiary/aromatic N) is 3. The van der Waals surface area contributed by atoms with Crippen molar-refractivity contribution < 1.29 is 42.9 Å². The Morgan fingerprint density at radius 2 is 1.67 bits per heavy atom. The molecule has 3 aromatic carbocycles. The van der Waals surface area contributed by atoms with E-state index in [0.29, 0.717) is 53.0 Å². The summed E-state index contributed by atoms with van der Waals surface area (Å²) in [5, 5.41) is 12.2. The molecule has 2 aliphatic heterocycles. The number of methoxy groups -OCH3 is 4. The number of nitro groups is 1. The first-order chi connectivity index (χ1) is 21.8. The van der Waals surface area contributed by atoms with Crippen LogP contribution in [0.2, 0.25) is 0 Å². The van der Waals surface area contributed by atoms with Crippen LogP contribution in [0.4, 0.5) is 11.4 Å². The van der Waals surface area contributed by atoms with Crippen LogP contribution in [0, 0.1) is 10.1 Å². The molecule has 0 aliphatic carbocycles. The van der Waals surface area contributed by atoms with Gasteiger partial charge in [-0.3, -0.25) is 19.9 Å². The molecule has 1 amide bonds. The number of aliphatic imine (C=N–C) groups is 1. The smallest absolute Gasteiger partial charge is 0.352 e. The highest BCUT2D eigenvalue weighted by atomic mass is 16.6. The fourth-order valence-corrected chi connectivity index (χ4v) is 5.33. The lowest BCUT2D eigenvalue weighted by Crippen LogP contribution is -2.35. The second kappa shape index (κ2) is 13.6. The Bertz CT molecular complexity index is 1580. The van der Waals surface area contributed by atoms with Gasteiger partial charge in [0.2, 0.25) is 17.2 Å². The molecular weight excluding hydrogens is 586 g/mol. The van der Waals surface area contributed by atoms with Gasteiger partial charge in [-0.2, -0.15) is 0 Å². The highest BCUT2D eigenvalue weighted by Gasteiger charge is 2.32. The van der Waals surface area contributed by atoms with E-state index < -0.39 is 11.0 Å². The van der Waals surface area contributed by atoms with Crippen molar-refractivity contribution >= 4 is 23.5 Å². The van der Waals surface area contributed by atoms with Crippen LogP contribution >= 0.6 is 0 Å². The number of rotatable bonds is 13. The molecule has 13 nitrogen and oxygen atoms in total. The molecule has 1 saturated heterocycles. The number of carbonyl (C=O) groups is 1. The molecule has 0 saturated carbocycles. The van der Waals surface area contributed by atoms with Gasteiger partial charge in [-0.25, -0.2) is 0 Å². The monoisotopic (exact) mass is 621 g/mol. The number of fused-ring (bicyclic) bond motifs is 2. The number of carbonyl (C=O) groups excluding carboxylic acids is 1. The Balaban J connectivity index is 1.28. The van der Waals surface area contributed by atoms with Crippen LogP contribution in [0.3, 0.4) is 0 Å². The number of amides is 1. The zero-order valence-electron chi connectivity index (χ0n) is 25.7. The van der Waals surface area contributed by atoms with Crippen LogP contribution < -0.4 is 33.2 Å². The summed E-state index contributed by atoms with van der Waals surface area (Å²) in [6.45, 7) is 2.69. The Hall–Kier alpha value is -5.20. The zero-order chi connectivity index (χ0) is 32.1. The van der Waals surface area contributed by atoms with Crippen molar-refractivity contribution in [3.8, 4) is 46.0 Å². The standard InChI is InChI=1S/C32H35N3O10/c1-19(11-13-43-27-17-23-22(16-26(27)39-2)32(36)34-12-7-8-20(34)18-33-23)44-24-9-6-10-25(30(24)35(37)38)45-21-14-28(40-3)31(42-5)29(15-21)41-4/h6,9-10,14-20H,7-8,11-13H2,1-5H3/t19?,20-/m0/s1. The fraction of sp³-hybridized carbons (Fsp3) is 0.375. The number of para-hydroxylation sites is 1. The summed E-state index contributed by atoms with van der Waals surface area (Å²) in [4.78, 5) is 31.1. The third-order valence-electron chi connectivity index (χ3n) is 7.58. The largest absolute Gasteiger partial charge is 0.493 e. The van der Waals surface area contributed by atoms with Gasteiger partial charge in [-0.15, -0.1) is 0 Å². The number of ether oxygens (including phenoxy) is 7. The molecule has 45 heavy (non-hydrogen) atoms. The molecule has 0 bridgehead atoms. The SMILES string of the molecule is COc1cc2c(cc1OCCC(C)Oc1cccc(Oc3cc(OC)c(OC)c(OC)c3)c1[N+](=O)[O-])N=C[C@@H]1CCCN1C2=O. The van der Waals surface area contributed by atoms with E-state index in [9.17, 15) is 14.9 Å². The number of benzene rings is 3. The molecule has 13 heteroatoms. The van der Waals surface area contributed by atoms with Gasteiger partial charge in [0.1, 0.15) is 5.75 Å². The minimum Gasteiger partial charge on any atom is -0.493 e. The van der Waals surface area contributed by atoms with Gasteiger partial charge < -0.3 is 38.1 Å². The number of nitro benzene ring substituents is 1. The van der Waals surface area contributed by atoms with Crippen LogP contribution in [0.25, 0.3) is 0 Å². The molecule has 2 heterocycles. The average Bonchev–Trinajstić information content (AvgIpc) is 3.47. The lowest BCUT2D eigenvalue weighted by Gasteiger charge is -2.20. The van der Waals surface area contributed by atoms with Crippen molar-refractivity contribution in [1.29, 1.82) is 0 Å². The topological polar surface area (TPSA) is 140 Å². The highest BCUT2D eigenvalue weighted by molar-refractivity contribution is 6.03. The molecule has 1 unspecified atom stereocenters. The summed E-state index contributed by atoms with van der Waals surface area (Å²) in [6, 6.07) is 11.0. The molecule has 0 N–H and O–H groups in total. The molecule has 2 aliphatic rings.